The van der Waals surface area contributed by atoms with Crippen LogP contribution in [0.25, 0.3) is 21.9 Å². The van der Waals surface area contributed by atoms with Crippen molar-refractivity contribution < 1.29 is 142 Å². The van der Waals surface area contributed by atoms with Crippen molar-refractivity contribution in [1.29, 1.82) is 0 Å². The largest absolute Gasteiger partial charge is 0.544 e. The number of phosphoric ester groups is 2. The summed E-state index contributed by atoms with van der Waals surface area (Å²) < 4.78 is 79.3. The second-order valence-corrected chi connectivity index (χ2v) is 14.1. The molecule has 8 atom stereocenters. The maximum absolute atomic E-state index is 13.0. The van der Waals surface area contributed by atoms with E-state index in [1.807, 2.05) is 0 Å². The van der Waals surface area contributed by atoms with Crippen molar-refractivity contribution in [2.24, 2.45) is 0 Å². The summed E-state index contributed by atoms with van der Waals surface area (Å²) in [5.41, 5.74) is -0.224. The molecule has 0 aliphatic carbocycles. The molecule has 4 aromatic rings. The molecular weight excluding hydrogens is 1230 g/mol. The van der Waals surface area contributed by atoms with Crippen LogP contribution >= 0.6 is 15.6 Å². The molecule has 0 bridgehead atoms. The Kier molecular flexibility index (Phi) is 21.0. The zero-order valence-corrected chi connectivity index (χ0v) is 39.7. The molecule has 2 aliphatic heterocycles. The summed E-state index contributed by atoms with van der Waals surface area (Å²) in [6.07, 6.45) is -5.01. The van der Waals surface area contributed by atoms with Crippen LogP contribution < -0.4 is 15.8 Å². The van der Waals surface area contributed by atoms with Gasteiger partial charge in [0.05, 0.1) is 37.6 Å². The molecule has 0 amide bonds. The van der Waals surface area contributed by atoms with E-state index in [0.717, 1.165) is 19.1 Å². The third kappa shape index (κ3) is 14.4. The molecular formula is C32H38O19P2U2-2. The molecule has 2 aromatic carbocycles. The number of aromatic hydroxyl groups is 1. The van der Waals surface area contributed by atoms with E-state index in [2.05, 4.69) is 9.05 Å². The van der Waals surface area contributed by atoms with E-state index in [0.29, 0.717) is 11.0 Å². The van der Waals surface area contributed by atoms with E-state index >= 15 is 0 Å². The molecule has 2 aromatic heterocycles. The Labute approximate surface area is 361 Å². The Morgan fingerprint density at radius 1 is 0.764 bits per heavy atom. The molecule has 6 unspecified atom stereocenters. The molecule has 6 rings (SSSR count). The minimum atomic E-state index is -4.18. The van der Waals surface area contributed by atoms with E-state index in [1.54, 1.807) is 36.4 Å². The summed E-state index contributed by atoms with van der Waals surface area (Å²) in [4.78, 5) is 31.1. The van der Waals surface area contributed by atoms with Gasteiger partial charge in [0.15, 0.2) is 0 Å². The van der Waals surface area contributed by atoms with Crippen LogP contribution in [0.3, 0.4) is 0 Å². The molecule has 0 spiro atoms. The zero-order valence-electron chi connectivity index (χ0n) is 29.6. The molecule has 2 fully saturated rings. The van der Waals surface area contributed by atoms with Crippen molar-refractivity contribution in [3.05, 3.63) is 94.7 Å². The molecule has 23 heteroatoms. The van der Waals surface area contributed by atoms with Gasteiger partial charge >= 0.3 is 26.9 Å². The van der Waals surface area contributed by atoms with Gasteiger partial charge in [0.2, 0.25) is 0 Å². The summed E-state index contributed by atoms with van der Waals surface area (Å²) >= 11 is 0. The van der Waals surface area contributed by atoms with E-state index in [4.69, 9.17) is 56.5 Å². The van der Waals surface area contributed by atoms with Crippen molar-refractivity contribution in [3.8, 4) is 11.5 Å². The predicted octanol–water partition coefficient (Wildman–Crippen LogP) is 3.06. The molecule has 55 heavy (non-hydrogen) atoms. The topological polar surface area (TPSA) is 259 Å². The predicted molar refractivity (Wildman–Crippen MR) is 183 cm³/mol. The smallest absolute Gasteiger partial charge is 0.530 e. The first kappa shape index (κ1) is 49.7. The van der Waals surface area contributed by atoms with Crippen molar-refractivity contribution in [1.82, 2.24) is 0 Å². The molecule has 4 N–H and O–H groups in total. The molecule has 300 valence electrons. The minimum Gasteiger partial charge on any atom is -0.544 e. The van der Waals surface area contributed by atoms with E-state index in [-0.39, 0.29) is 85.9 Å². The van der Waals surface area contributed by atoms with Crippen LogP contribution in [0.1, 0.15) is 0 Å². The van der Waals surface area contributed by atoms with Crippen LogP contribution in [-0.4, -0.2) is 98.5 Å². The number of aliphatic hydroxyl groups is 2. The number of hydrogen-bond donors (Lipinski definition) is 4. The Hall–Kier alpha value is -1.42. The Balaban J connectivity index is 0.000000314. The Morgan fingerprint density at radius 3 is 1.91 bits per heavy atom. The number of rotatable bonds is 12. The molecule has 2 saturated heterocycles. The maximum atomic E-state index is 13.0. The first-order valence-electron chi connectivity index (χ1n) is 15.4. The third-order valence-corrected chi connectivity index (χ3v) is 9.69. The first-order chi connectivity index (χ1) is 25.2. The van der Waals surface area contributed by atoms with Gasteiger partial charge in [0.25, 0.3) is 0 Å². The van der Waals surface area contributed by atoms with Crippen LogP contribution in [0, 0.1) is 75.4 Å². The van der Waals surface area contributed by atoms with Gasteiger partial charge in [-0.15, -0.1) is 0 Å². The molecule has 4 heterocycles. The molecule has 19 nitrogen and oxygen atoms in total. The van der Waals surface area contributed by atoms with Gasteiger partial charge in [-0.3, -0.25) is 18.1 Å². The number of phenolic OH excluding ortho intramolecular Hbond substituents is 1. The standard InChI is InChI=1S/C17H20O9P.C9H6O3.C6H12O7P.2U/c1-20-9-15-17(14(21-2)10-23-15)26-27(19,22-3)25-12-6-4-11-5-7-16(18)24-13(11)8-12;10-7-3-1-6-2-4-9(11)12-8(6)5-7;1-11-14(9,10)13-6-4(8)3-12-5(6)2-7;;/h4-8,10,14-15,17H,9H2,1-3H3;1-5,10H;3-8H,2H2,1H3,(H,9,10);;/q-1;;-1;;/t14?,15-,17?,27?;;4?,5-,6?;;/m1.1../s1. The van der Waals surface area contributed by atoms with Crippen molar-refractivity contribution in [2.45, 2.75) is 36.6 Å². The molecule has 0 saturated carbocycles. The number of ether oxygens (including phenoxy) is 4. The van der Waals surface area contributed by atoms with E-state index in [1.165, 1.54) is 52.2 Å². The SMILES string of the molecule is COC[C@H]1O[CH-]C(OC)C1OP(=O)(OC)Oc1ccc2ccc(=O)oc2c1.COP(=O)(O)OC1C(O)[CH-]O[C@@H]1CO.O=c1ccc2ccc(O)cc2o1.[U].[U]. The van der Waals surface area contributed by atoms with Crippen LogP contribution in [0.5, 0.6) is 11.5 Å². The normalized spacial score (nSPS) is 23.8. The molecule has 2 aliphatic rings. The monoisotopic (exact) mass is 1260 g/mol. The molecule has 0 radical (unpaired) electrons. The average molecular weight is 1260 g/mol. The van der Waals surface area contributed by atoms with Crippen LogP contribution in [-0.2, 0) is 46.2 Å². The van der Waals surface area contributed by atoms with Gasteiger partial charge in [-0.05, 0) is 48.6 Å². The second-order valence-electron chi connectivity index (χ2n) is 10.9. The van der Waals surface area contributed by atoms with E-state index < -0.39 is 70.1 Å². The van der Waals surface area contributed by atoms with Gasteiger partial charge in [-0.25, -0.2) is 18.7 Å². The third-order valence-electron chi connectivity index (χ3n) is 7.34. The number of hydrogen-bond acceptors (Lipinski definition) is 18. The van der Waals surface area contributed by atoms with Crippen molar-refractivity contribution in [2.75, 3.05) is 41.7 Å². The summed E-state index contributed by atoms with van der Waals surface area (Å²) in [5, 5.41) is 28.6. The van der Waals surface area contributed by atoms with Gasteiger partial charge in [-0.1, -0.05) is 0 Å². The van der Waals surface area contributed by atoms with Crippen LogP contribution in [0.2, 0.25) is 0 Å². The van der Waals surface area contributed by atoms with E-state index in [9.17, 15) is 23.8 Å². The fraction of sp³-hybridized carbons (Fsp3) is 0.375. The quantitative estimate of drug-likeness (QED) is 0.0903. The van der Waals surface area contributed by atoms with Crippen molar-refractivity contribution in [3.63, 3.8) is 0 Å². The number of methoxy groups -OCH3 is 2. The summed E-state index contributed by atoms with van der Waals surface area (Å²) in [6.45, 7) is 2.24. The second kappa shape index (κ2) is 23.2. The maximum Gasteiger partial charge on any atom is 0.530 e. The fourth-order valence-corrected chi connectivity index (χ4v) is 6.50. The van der Waals surface area contributed by atoms with Gasteiger partial charge in [0.1, 0.15) is 22.7 Å². The summed E-state index contributed by atoms with van der Waals surface area (Å²) in [7, 11) is -3.02. The summed E-state index contributed by atoms with van der Waals surface area (Å²) in [6, 6.07) is 15.2. The zero-order chi connectivity index (χ0) is 38.8. The van der Waals surface area contributed by atoms with Crippen LogP contribution in [0.15, 0.2) is 79.1 Å². The number of fused-ring (bicyclic) bond motifs is 2. The number of phosphoric acid groups is 2. The van der Waals surface area contributed by atoms with Gasteiger partial charge in [-0.2, -0.15) is 13.2 Å². The van der Waals surface area contributed by atoms with Gasteiger partial charge < -0.3 is 52.5 Å². The minimum absolute atomic E-state index is 0. The Bertz CT molecular complexity index is 2010. The number of aliphatic hydroxyl groups excluding tert-OH is 2. The first-order valence-corrected chi connectivity index (χ1v) is 18.3. The fourth-order valence-electron chi connectivity index (χ4n) is 4.72. The number of benzene rings is 2. The average Bonchev–Trinajstić information content (AvgIpc) is 3.68. The number of phenols is 1. The summed E-state index contributed by atoms with van der Waals surface area (Å²) in [5.74, 6) is 0.249. The Morgan fingerprint density at radius 2 is 1.35 bits per heavy atom. The van der Waals surface area contributed by atoms with Gasteiger partial charge in [0, 0.05) is 126 Å². The van der Waals surface area contributed by atoms with Crippen LogP contribution in [0.4, 0.5) is 0 Å². The van der Waals surface area contributed by atoms with Crippen molar-refractivity contribution >= 4 is 37.6 Å².